The number of hydrogen-bond donors (Lipinski definition) is 0. The molecule has 0 aliphatic rings. The van der Waals surface area contributed by atoms with Gasteiger partial charge in [0.1, 0.15) is 0 Å². The monoisotopic (exact) mass is 107 g/mol. The molecular formula is C2H4O3P. The smallest absolute Gasteiger partial charge is 0.329 e. The highest BCUT2D eigenvalue weighted by atomic mass is 31.1. The third-order valence-electron chi connectivity index (χ3n) is 0.189. The predicted octanol–water partition coefficient (Wildman–Crippen LogP) is 0.975. The first-order valence-corrected chi connectivity index (χ1v) is 1.96. The quantitative estimate of drug-likeness (QED) is 0.306. The van der Waals surface area contributed by atoms with Crippen LogP contribution in [-0.4, -0.2) is 6.79 Å². The van der Waals surface area contributed by atoms with Crippen LogP contribution in [0.2, 0.25) is 0 Å². The topological polar surface area (TPSA) is 35.5 Å². The molecule has 0 rings (SSSR count). The summed E-state index contributed by atoms with van der Waals surface area (Å²) in [4.78, 5) is 0. The molecule has 0 unspecified atom stereocenters. The molecule has 0 aromatic rings. The van der Waals surface area contributed by atoms with Crippen LogP contribution in [0.4, 0.5) is 0 Å². The summed E-state index contributed by atoms with van der Waals surface area (Å²) >= 11 is 0. The van der Waals surface area contributed by atoms with Gasteiger partial charge in [-0.3, -0.25) is 4.52 Å². The molecule has 0 atom stereocenters. The van der Waals surface area contributed by atoms with E-state index in [-0.39, 0.29) is 15.5 Å². The molecule has 0 aromatic heterocycles. The fraction of sp³-hybridized carbons (Fsp3) is 0.500. The fourth-order valence-corrected chi connectivity index (χ4v) is 0.176. The first kappa shape index (κ1) is 6.02. The normalized spacial score (nSPS) is 9.50. The van der Waals surface area contributed by atoms with Gasteiger partial charge in [-0.1, -0.05) is 0 Å². The van der Waals surface area contributed by atoms with Crippen molar-refractivity contribution in [1.82, 2.24) is 0 Å². The van der Waals surface area contributed by atoms with Crippen LogP contribution in [-0.2, 0) is 13.8 Å². The second-order valence-corrected chi connectivity index (χ2v) is 0.933. The van der Waals surface area contributed by atoms with Crippen LogP contribution in [0, 0.1) is 7.11 Å². The molecule has 0 amide bonds. The Bertz CT molecular complexity index is 37.8. The van der Waals surface area contributed by atoms with Gasteiger partial charge in [0.05, 0.1) is 7.11 Å². The van der Waals surface area contributed by atoms with E-state index in [0.29, 0.717) is 0 Å². The van der Waals surface area contributed by atoms with Crippen molar-refractivity contribution in [2.24, 2.45) is 0 Å². The third-order valence-corrected chi connectivity index (χ3v) is 0.400. The number of rotatable bonds is 3. The number of ether oxygens (including phenoxy) is 1. The molecule has 0 saturated heterocycles. The fourth-order valence-electron chi connectivity index (χ4n) is 0.0588. The molecule has 0 heterocycles. The van der Waals surface area contributed by atoms with Gasteiger partial charge in [0.2, 0.25) is 0 Å². The Kier molecular flexibility index (Phi) is 5.04. The first-order valence-electron chi connectivity index (χ1n) is 1.23. The van der Waals surface area contributed by atoms with E-state index >= 15 is 0 Å². The van der Waals surface area contributed by atoms with Gasteiger partial charge in [-0.15, -0.1) is 0 Å². The highest BCUT2D eigenvalue weighted by Gasteiger charge is 1.73. The first-order chi connectivity index (χ1) is 2.91. The van der Waals surface area contributed by atoms with E-state index < -0.39 is 0 Å². The maximum atomic E-state index is 9.33. The van der Waals surface area contributed by atoms with E-state index in [9.17, 15) is 4.57 Å². The Morgan fingerprint density at radius 1 is 1.83 bits per heavy atom. The van der Waals surface area contributed by atoms with Crippen LogP contribution in [0.5, 0.6) is 0 Å². The summed E-state index contributed by atoms with van der Waals surface area (Å²) in [6.45, 7) is -0.0228. The van der Waals surface area contributed by atoms with Crippen molar-refractivity contribution in [3.05, 3.63) is 7.11 Å². The minimum absolute atomic E-state index is 0.0228. The Balaban J connectivity index is 2.49. The van der Waals surface area contributed by atoms with E-state index in [4.69, 9.17) is 0 Å². The highest BCUT2D eigenvalue weighted by Crippen LogP contribution is 1.91. The summed E-state index contributed by atoms with van der Waals surface area (Å²) in [6.07, 6.45) is 0. The zero-order valence-corrected chi connectivity index (χ0v) is 3.98. The minimum atomic E-state index is -0.370. The molecule has 3 nitrogen and oxygen atoms in total. The van der Waals surface area contributed by atoms with E-state index in [1.807, 2.05) is 0 Å². The van der Waals surface area contributed by atoms with Gasteiger partial charge in [-0.2, -0.15) is 0 Å². The van der Waals surface area contributed by atoms with Gasteiger partial charge in [-0.25, -0.2) is 4.57 Å². The lowest BCUT2D eigenvalue weighted by Crippen LogP contribution is -1.80. The average molecular weight is 107 g/mol. The van der Waals surface area contributed by atoms with E-state index in [0.717, 1.165) is 0 Å². The zero-order chi connectivity index (χ0) is 4.83. The van der Waals surface area contributed by atoms with Crippen LogP contribution in [0.25, 0.3) is 0 Å². The standard InChI is InChI=1S/C2H4O3P/c1-4-2-5-6-3/h1-2H2. The molecular weight excluding hydrogens is 103 g/mol. The van der Waals surface area contributed by atoms with E-state index in [2.05, 4.69) is 16.4 Å². The minimum Gasteiger partial charge on any atom is -0.352 e. The highest BCUT2D eigenvalue weighted by molar-refractivity contribution is 7.17. The second-order valence-electron chi connectivity index (χ2n) is 0.526. The van der Waals surface area contributed by atoms with Crippen molar-refractivity contribution in [1.29, 1.82) is 0 Å². The SMILES string of the molecule is [CH2]OCOP=O. The van der Waals surface area contributed by atoms with Crippen LogP contribution in [0.15, 0.2) is 0 Å². The molecule has 35 valence electrons. The maximum absolute atomic E-state index is 9.33. The van der Waals surface area contributed by atoms with Crippen LogP contribution in [0.1, 0.15) is 0 Å². The van der Waals surface area contributed by atoms with Gasteiger partial charge < -0.3 is 4.74 Å². The Hall–Kier alpha value is 0.0200. The molecule has 0 bridgehead atoms. The van der Waals surface area contributed by atoms with Gasteiger partial charge >= 0.3 is 8.69 Å². The summed E-state index contributed by atoms with van der Waals surface area (Å²) in [7, 11) is 2.59. The molecule has 0 saturated carbocycles. The van der Waals surface area contributed by atoms with Crippen molar-refractivity contribution in [2.75, 3.05) is 6.79 Å². The third kappa shape index (κ3) is 4.02. The van der Waals surface area contributed by atoms with Crippen molar-refractivity contribution in [2.45, 2.75) is 0 Å². The van der Waals surface area contributed by atoms with Crippen LogP contribution < -0.4 is 0 Å². The summed E-state index contributed by atoms with van der Waals surface area (Å²) in [5.74, 6) is 0. The summed E-state index contributed by atoms with van der Waals surface area (Å²) < 4.78 is 17.5. The lowest BCUT2D eigenvalue weighted by atomic mass is 11.4. The maximum Gasteiger partial charge on any atom is 0.329 e. The molecule has 6 heavy (non-hydrogen) atoms. The van der Waals surface area contributed by atoms with Crippen molar-refractivity contribution >= 4 is 8.69 Å². The van der Waals surface area contributed by atoms with Crippen molar-refractivity contribution in [3.63, 3.8) is 0 Å². The lowest BCUT2D eigenvalue weighted by molar-refractivity contribution is 0.0868. The zero-order valence-electron chi connectivity index (χ0n) is 3.09. The van der Waals surface area contributed by atoms with Crippen LogP contribution >= 0.6 is 8.69 Å². The van der Waals surface area contributed by atoms with E-state index in [1.54, 1.807) is 0 Å². The summed E-state index contributed by atoms with van der Waals surface area (Å²) in [6, 6.07) is 0. The largest absolute Gasteiger partial charge is 0.352 e. The molecule has 0 aromatic carbocycles. The van der Waals surface area contributed by atoms with Gasteiger partial charge in [0.25, 0.3) is 0 Å². The molecule has 0 fully saturated rings. The van der Waals surface area contributed by atoms with Crippen LogP contribution in [0.3, 0.4) is 0 Å². The Morgan fingerprint density at radius 3 is 2.67 bits per heavy atom. The second kappa shape index (κ2) is 5.02. The molecule has 4 heteroatoms. The molecule has 0 aliphatic carbocycles. The van der Waals surface area contributed by atoms with E-state index in [1.165, 1.54) is 0 Å². The summed E-state index contributed by atoms with van der Waals surface area (Å²) in [5, 5.41) is 0. The van der Waals surface area contributed by atoms with Gasteiger partial charge in [-0.05, 0) is 0 Å². The molecule has 0 N–H and O–H groups in total. The summed E-state index contributed by atoms with van der Waals surface area (Å²) in [5.41, 5.74) is 0. The lowest BCUT2D eigenvalue weighted by Gasteiger charge is -1.84. The molecule has 0 aliphatic heterocycles. The van der Waals surface area contributed by atoms with Gasteiger partial charge in [0.15, 0.2) is 6.79 Å². The van der Waals surface area contributed by atoms with Gasteiger partial charge in [0, 0.05) is 0 Å². The predicted molar refractivity (Wildman–Crippen MR) is 20.0 cm³/mol. The molecule has 0 spiro atoms. The van der Waals surface area contributed by atoms with Crippen molar-refractivity contribution in [3.8, 4) is 0 Å². The Morgan fingerprint density at radius 2 is 2.50 bits per heavy atom. The average Bonchev–Trinajstić information content (AvgIpc) is 1.61. The molecule has 1 radical (unpaired) electrons. The number of hydrogen-bond acceptors (Lipinski definition) is 3. The van der Waals surface area contributed by atoms with Crippen molar-refractivity contribution < 1.29 is 13.8 Å². The Labute approximate surface area is 37.5 Å².